The van der Waals surface area contributed by atoms with Gasteiger partial charge in [0.1, 0.15) is 11.6 Å². The number of hydrogen-bond donors (Lipinski definition) is 1. The van der Waals surface area contributed by atoms with Crippen LogP contribution in [0, 0.1) is 5.82 Å². The minimum absolute atomic E-state index is 0.309. The van der Waals surface area contributed by atoms with Crippen molar-refractivity contribution < 1.29 is 4.39 Å². The van der Waals surface area contributed by atoms with E-state index in [4.69, 9.17) is 5.73 Å². The summed E-state index contributed by atoms with van der Waals surface area (Å²) in [6.45, 7) is 0. The molecule has 0 spiro atoms. The Bertz CT molecular complexity index is 500. The molecule has 15 heavy (non-hydrogen) atoms. The quantitative estimate of drug-likeness (QED) is 0.861. The van der Waals surface area contributed by atoms with Crippen LogP contribution >= 0.6 is 15.9 Å². The summed E-state index contributed by atoms with van der Waals surface area (Å²) >= 11 is 3.32. The number of nitrogens with two attached hydrogens (primary N) is 1. The van der Waals surface area contributed by atoms with Gasteiger partial charge in [-0.15, -0.1) is 0 Å². The Morgan fingerprint density at radius 1 is 1.13 bits per heavy atom. The molecule has 0 aliphatic carbocycles. The smallest absolute Gasteiger partial charge is 0.132 e. The molecule has 2 aromatic rings. The molecule has 1 aromatic heterocycles. The summed E-state index contributed by atoms with van der Waals surface area (Å²) in [6, 6.07) is 9.88. The van der Waals surface area contributed by atoms with Gasteiger partial charge in [0.2, 0.25) is 0 Å². The Morgan fingerprint density at radius 2 is 1.87 bits per heavy atom. The fraction of sp³-hybridized carbons (Fsp3) is 0. The maximum absolute atomic E-state index is 13.5. The molecule has 0 aliphatic rings. The lowest BCUT2D eigenvalue weighted by Gasteiger charge is -2.05. The van der Waals surface area contributed by atoms with Crippen molar-refractivity contribution in [1.29, 1.82) is 0 Å². The summed E-state index contributed by atoms with van der Waals surface area (Å²) < 4.78 is 14.2. The zero-order valence-electron chi connectivity index (χ0n) is 7.74. The molecule has 2 nitrogen and oxygen atoms in total. The Labute approximate surface area is 95.1 Å². The molecule has 0 fully saturated rings. The van der Waals surface area contributed by atoms with Gasteiger partial charge in [-0.2, -0.15) is 0 Å². The van der Waals surface area contributed by atoms with Crippen LogP contribution < -0.4 is 5.73 Å². The third kappa shape index (κ3) is 1.99. The Hall–Kier alpha value is -1.42. The standard InChI is InChI=1S/C11H8BrFN2/c12-8-5-6-10(14)15-11(8)7-3-1-2-4-9(7)13/h1-6H,(H2,14,15). The van der Waals surface area contributed by atoms with E-state index in [-0.39, 0.29) is 5.82 Å². The van der Waals surface area contributed by atoms with Crippen LogP contribution in [0.5, 0.6) is 0 Å². The summed E-state index contributed by atoms with van der Waals surface area (Å²) in [6.07, 6.45) is 0. The van der Waals surface area contributed by atoms with Crippen molar-refractivity contribution in [3.63, 3.8) is 0 Å². The molecule has 0 bridgehead atoms. The maximum atomic E-state index is 13.5. The second kappa shape index (κ2) is 3.98. The number of pyridine rings is 1. The van der Waals surface area contributed by atoms with Crippen molar-refractivity contribution in [2.45, 2.75) is 0 Å². The minimum atomic E-state index is -0.309. The van der Waals surface area contributed by atoms with Crippen LogP contribution in [-0.4, -0.2) is 4.98 Å². The normalized spacial score (nSPS) is 10.3. The molecule has 0 radical (unpaired) electrons. The van der Waals surface area contributed by atoms with E-state index < -0.39 is 0 Å². The molecule has 0 saturated carbocycles. The van der Waals surface area contributed by atoms with Gasteiger partial charge in [-0.3, -0.25) is 0 Å². The molecular weight excluding hydrogens is 259 g/mol. The summed E-state index contributed by atoms with van der Waals surface area (Å²) in [5, 5.41) is 0. The topological polar surface area (TPSA) is 38.9 Å². The lowest BCUT2D eigenvalue weighted by Crippen LogP contribution is -1.94. The van der Waals surface area contributed by atoms with Crippen molar-refractivity contribution >= 4 is 21.7 Å². The first-order valence-electron chi connectivity index (χ1n) is 4.35. The van der Waals surface area contributed by atoms with Crippen molar-refractivity contribution in [1.82, 2.24) is 4.98 Å². The lowest BCUT2D eigenvalue weighted by atomic mass is 10.1. The number of nitrogen functional groups attached to an aromatic ring is 1. The van der Waals surface area contributed by atoms with Crippen LogP contribution in [0.3, 0.4) is 0 Å². The van der Waals surface area contributed by atoms with Gasteiger partial charge in [0.05, 0.1) is 5.69 Å². The fourth-order valence-corrected chi connectivity index (χ4v) is 1.73. The number of hydrogen-bond acceptors (Lipinski definition) is 2. The monoisotopic (exact) mass is 266 g/mol. The predicted octanol–water partition coefficient (Wildman–Crippen LogP) is 3.23. The van der Waals surface area contributed by atoms with E-state index in [0.717, 1.165) is 4.47 Å². The van der Waals surface area contributed by atoms with Gasteiger partial charge < -0.3 is 5.73 Å². The number of rotatable bonds is 1. The van der Waals surface area contributed by atoms with E-state index in [1.165, 1.54) is 6.07 Å². The van der Waals surface area contributed by atoms with Crippen LogP contribution in [0.2, 0.25) is 0 Å². The van der Waals surface area contributed by atoms with E-state index >= 15 is 0 Å². The average molecular weight is 267 g/mol. The predicted molar refractivity (Wildman–Crippen MR) is 61.7 cm³/mol. The SMILES string of the molecule is Nc1ccc(Br)c(-c2ccccc2F)n1. The number of aromatic nitrogens is 1. The molecule has 2 N–H and O–H groups in total. The van der Waals surface area contributed by atoms with Gasteiger partial charge >= 0.3 is 0 Å². The molecule has 0 amide bonds. The van der Waals surface area contributed by atoms with Gasteiger partial charge in [-0.25, -0.2) is 9.37 Å². The van der Waals surface area contributed by atoms with Crippen LogP contribution in [0.15, 0.2) is 40.9 Å². The molecule has 1 heterocycles. The highest BCUT2D eigenvalue weighted by atomic mass is 79.9. The third-order valence-electron chi connectivity index (χ3n) is 2.00. The molecule has 4 heteroatoms. The highest BCUT2D eigenvalue weighted by molar-refractivity contribution is 9.10. The van der Waals surface area contributed by atoms with E-state index in [1.807, 2.05) is 0 Å². The fourth-order valence-electron chi connectivity index (χ4n) is 1.30. The van der Waals surface area contributed by atoms with Gasteiger partial charge in [0.15, 0.2) is 0 Å². The number of anilines is 1. The highest BCUT2D eigenvalue weighted by Crippen LogP contribution is 2.28. The molecule has 0 unspecified atom stereocenters. The van der Waals surface area contributed by atoms with Gasteiger partial charge in [0.25, 0.3) is 0 Å². The number of halogens is 2. The molecule has 2 rings (SSSR count). The van der Waals surface area contributed by atoms with Crippen LogP contribution in [0.25, 0.3) is 11.3 Å². The largest absolute Gasteiger partial charge is 0.384 e. The average Bonchev–Trinajstić information content (AvgIpc) is 2.23. The number of nitrogens with zero attached hydrogens (tertiary/aromatic N) is 1. The zero-order chi connectivity index (χ0) is 10.8. The zero-order valence-corrected chi connectivity index (χ0v) is 9.33. The van der Waals surface area contributed by atoms with Crippen molar-refractivity contribution in [2.24, 2.45) is 0 Å². The summed E-state index contributed by atoms with van der Waals surface area (Å²) in [5.74, 6) is 0.0627. The summed E-state index contributed by atoms with van der Waals surface area (Å²) in [7, 11) is 0. The molecule has 0 aliphatic heterocycles. The van der Waals surface area contributed by atoms with E-state index in [0.29, 0.717) is 17.1 Å². The van der Waals surface area contributed by atoms with E-state index in [1.54, 1.807) is 30.3 Å². The van der Waals surface area contributed by atoms with Crippen molar-refractivity contribution in [3.8, 4) is 11.3 Å². The third-order valence-corrected chi connectivity index (χ3v) is 2.64. The summed E-state index contributed by atoms with van der Waals surface area (Å²) in [4.78, 5) is 4.09. The maximum Gasteiger partial charge on any atom is 0.132 e. The first-order valence-corrected chi connectivity index (χ1v) is 5.14. The van der Waals surface area contributed by atoms with Crippen molar-refractivity contribution in [3.05, 3.63) is 46.7 Å². The lowest BCUT2D eigenvalue weighted by molar-refractivity contribution is 0.630. The Balaban J connectivity index is 2.64. The molecule has 76 valence electrons. The van der Waals surface area contributed by atoms with Crippen LogP contribution in [0.1, 0.15) is 0 Å². The van der Waals surface area contributed by atoms with Gasteiger partial charge in [-0.1, -0.05) is 12.1 Å². The molecule has 0 saturated heterocycles. The second-order valence-electron chi connectivity index (χ2n) is 3.05. The first kappa shape index (κ1) is 10.1. The molecule has 0 atom stereocenters. The minimum Gasteiger partial charge on any atom is -0.384 e. The van der Waals surface area contributed by atoms with Gasteiger partial charge in [0, 0.05) is 10.0 Å². The molecule has 1 aromatic carbocycles. The van der Waals surface area contributed by atoms with Crippen molar-refractivity contribution in [2.75, 3.05) is 5.73 Å². The van der Waals surface area contributed by atoms with E-state index in [2.05, 4.69) is 20.9 Å². The summed E-state index contributed by atoms with van der Waals surface area (Å²) in [5.41, 5.74) is 6.52. The van der Waals surface area contributed by atoms with Crippen LogP contribution in [-0.2, 0) is 0 Å². The van der Waals surface area contributed by atoms with E-state index in [9.17, 15) is 4.39 Å². The Kier molecular flexibility index (Phi) is 2.68. The number of benzene rings is 1. The Morgan fingerprint density at radius 3 is 2.60 bits per heavy atom. The first-order chi connectivity index (χ1) is 7.18. The highest BCUT2D eigenvalue weighted by Gasteiger charge is 2.09. The van der Waals surface area contributed by atoms with Crippen LogP contribution in [0.4, 0.5) is 10.2 Å². The molecular formula is C11H8BrFN2. The second-order valence-corrected chi connectivity index (χ2v) is 3.90. The van der Waals surface area contributed by atoms with Gasteiger partial charge in [-0.05, 0) is 40.2 Å².